The van der Waals surface area contributed by atoms with Crippen molar-refractivity contribution in [3.8, 4) is 0 Å². The number of hydrogen-bond donors (Lipinski definition) is 1. The molecule has 0 spiro atoms. The fourth-order valence-corrected chi connectivity index (χ4v) is 3.36. The normalized spacial score (nSPS) is 14.6. The summed E-state index contributed by atoms with van der Waals surface area (Å²) in [5, 5.41) is 10.6. The molecule has 3 heterocycles. The number of nitrogens with one attached hydrogen (secondary N) is 1. The number of amides is 2. The summed E-state index contributed by atoms with van der Waals surface area (Å²) in [6.07, 6.45) is 3.15. The third-order valence-corrected chi connectivity index (χ3v) is 4.93. The van der Waals surface area contributed by atoms with Crippen LogP contribution in [0.3, 0.4) is 0 Å². The molecule has 10 nitrogen and oxygen atoms in total. The van der Waals surface area contributed by atoms with Gasteiger partial charge in [-0.3, -0.25) is 14.5 Å². The summed E-state index contributed by atoms with van der Waals surface area (Å²) in [6, 6.07) is 9.22. The van der Waals surface area contributed by atoms with Gasteiger partial charge in [0.1, 0.15) is 18.4 Å². The number of hydrogen-bond acceptors (Lipinski definition) is 7. The van der Waals surface area contributed by atoms with Crippen molar-refractivity contribution in [3.05, 3.63) is 59.9 Å². The first-order valence-corrected chi connectivity index (χ1v) is 9.73. The van der Waals surface area contributed by atoms with E-state index in [2.05, 4.69) is 20.6 Å². The van der Waals surface area contributed by atoms with Crippen LogP contribution >= 0.6 is 0 Å². The first kappa shape index (κ1) is 19.8. The molecule has 2 aromatic heterocycles. The highest BCUT2D eigenvalue weighted by atomic mass is 16.5. The molecule has 0 atom stereocenters. The van der Waals surface area contributed by atoms with E-state index in [0.717, 1.165) is 5.56 Å². The molecule has 0 radical (unpaired) electrons. The standard InChI is InChI=1S/C20H23N7O3/c1-15-10-18(24-30-15)23-19(28)12-25-6-8-26(9-7-25)20(29)17-4-2-16(3-5-17)11-27-14-21-13-22-27/h2-5,10,13-14H,6-9,11-12H2,1H3,(H,23,24,28). The van der Waals surface area contributed by atoms with Gasteiger partial charge in [-0.2, -0.15) is 5.10 Å². The Kier molecular flexibility index (Phi) is 5.84. The number of benzene rings is 1. The number of rotatable bonds is 6. The Morgan fingerprint density at radius 1 is 1.13 bits per heavy atom. The molecule has 156 valence electrons. The Labute approximate surface area is 173 Å². The van der Waals surface area contributed by atoms with Gasteiger partial charge in [-0.25, -0.2) is 9.67 Å². The van der Waals surface area contributed by atoms with Crippen LogP contribution in [0.25, 0.3) is 0 Å². The van der Waals surface area contributed by atoms with Crippen molar-refractivity contribution in [1.29, 1.82) is 0 Å². The van der Waals surface area contributed by atoms with Crippen molar-refractivity contribution < 1.29 is 14.1 Å². The van der Waals surface area contributed by atoms with Crippen LogP contribution in [0.2, 0.25) is 0 Å². The first-order valence-electron chi connectivity index (χ1n) is 9.73. The van der Waals surface area contributed by atoms with Crippen molar-refractivity contribution in [2.75, 3.05) is 38.0 Å². The van der Waals surface area contributed by atoms with Crippen LogP contribution in [0.4, 0.5) is 5.82 Å². The highest BCUT2D eigenvalue weighted by Crippen LogP contribution is 2.12. The molecule has 1 aromatic carbocycles. The van der Waals surface area contributed by atoms with E-state index in [1.807, 2.05) is 34.1 Å². The van der Waals surface area contributed by atoms with Crippen molar-refractivity contribution in [2.45, 2.75) is 13.5 Å². The van der Waals surface area contributed by atoms with Gasteiger partial charge < -0.3 is 14.7 Å². The number of nitrogens with zero attached hydrogens (tertiary/aromatic N) is 6. The number of aromatic nitrogens is 4. The molecule has 0 aliphatic carbocycles. The molecular weight excluding hydrogens is 386 g/mol. The van der Waals surface area contributed by atoms with Crippen LogP contribution in [0.5, 0.6) is 0 Å². The molecule has 4 rings (SSSR count). The summed E-state index contributed by atoms with van der Waals surface area (Å²) in [4.78, 5) is 32.7. The minimum Gasteiger partial charge on any atom is -0.360 e. The first-order chi connectivity index (χ1) is 14.6. The van der Waals surface area contributed by atoms with E-state index in [-0.39, 0.29) is 18.4 Å². The monoisotopic (exact) mass is 409 g/mol. The van der Waals surface area contributed by atoms with Crippen LogP contribution in [-0.2, 0) is 11.3 Å². The highest BCUT2D eigenvalue weighted by Gasteiger charge is 2.23. The molecule has 3 aromatic rings. The SMILES string of the molecule is Cc1cc(NC(=O)CN2CCN(C(=O)c3ccc(Cn4cncn4)cc3)CC2)no1. The van der Waals surface area contributed by atoms with E-state index in [9.17, 15) is 9.59 Å². The summed E-state index contributed by atoms with van der Waals surface area (Å²) in [7, 11) is 0. The molecule has 10 heteroatoms. The topological polar surface area (TPSA) is 109 Å². The average Bonchev–Trinajstić information content (AvgIpc) is 3.40. The van der Waals surface area contributed by atoms with Gasteiger partial charge in [0.25, 0.3) is 5.91 Å². The van der Waals surface area contributed by atoms with E-state index >= 15 is 0 Å². The van der Waals surface area contributed by atoms with E-state index < -0.39 is 0 Å². The molecule has 1 aliphatic rings. The van der Waals surface area contributed by atoms with Gasteiger partial charge in [0, 0.05) is 37.8 Å². The zero-order chi connectivity index (χ0) is 20.9. The second kappa shape index (κ2) is 8.87. The summed E-state index contributed by atoms with van der Waals surface area (Å²) >= 11 is 0. The van der Waals surface area contributed by atoms with Crippen LogP contribution in [0.15, 0.2) is 47.5 Å². The molecule has 1 fully saturated rings. The summed E-state index contributed by atoms with van der Waals surface area (Å²) < 4.78 is 6.67. The molecule has 0 bridgehead atoms. The van der Waals surface area contributed by atoms with Crippen molar-refractivity contribution in [1.82, 2.24) is 29.7 Å². The molecule has 1 saturated heterocycles. The summed E-state index contributed by atoms with van der Waals surface area (Å²) in [5.74, 6) is 0.915. The third kappa shape index (κ3) is 4.90. The van der Waals surface area contributed by atoms with Crippen molar-refractivity contribution in [3.63, 3.8) is 0 Å². The van der Waals surface area contributed by atoms with Gasteiger partial charge in [0.2, 0.25) is 5.91 Å². The number of anilines is 1. The Balaban J connectivity index is 1.25. The number of aryl methyl sites for hydroxylation is 1. The van der Waals surface area contributed by atoms with Gasteiger partial charge in [-0.15, -0.1) is 0 Å². The van der Waals surface area contributed by atoms with Crippen molar-refractivity contribution >= 4 is 17.6 Å². The maximum atomic E-state index is 12.8. The maximum absolute atomic E-state index is 12.8. The molecule has 2 amide bonds. The van der Waals surface area contributed by atoms with Crippen LogP contribution in [0.1, 0.15) is 21.7 Å². The lowest BCUT2D eigenvalue weighted by molar-refractivity contribution is -0.117. The van der Waals surface area contributed by atoms with E-state index in [0.29, 0.717) is 49.9 Å². The lowest BCUT2D eigenvalue weighted by atomic mass is 10.1. The Bertz CT molecular complexity index is 990. The zero-order valence-corrected chi connectivity index (χ0v) is 16.7. The number of carbonyl (C=O) groups is 2. The predicted molar refractivity (Wildman–Crippen MR) is 108 cm³/mol. The summed E-state index contributed by atoms with van der Waals surface area (Å²) in [5.41, 5.74) is 1.71. The smallest absolute Gasteiger partial charge is 0.253 e. The van der Waals surface area contributed by atoms with Gasteiger partial charge in [0.15, 0.2) is 5.82 Å². The maximum Gasteiger partial charge on any atom is 0.253 e. The van der Waals surface area contributed by atoms with Gasteiger partial charge >= 0.3 is 0 Å². The van der Waals surface area contributed by atoms with Crippen LogP contribution in [-0.4, -0.2) is 74.3 Å². The van der Waals surface area contributed by atoms with Gasteiger partial charge in [-0.05, 0) is 24.6 Å². The molecule has 1 aliphatic heterocycles. The molecular formula is C20H23N7O3. The Morgan fingerprint density at radius 3 is 2.53 bits per heavy atom. The van der Waals surface area contributed by atoms with E-state index in [1.165, 1.54) is 6.33 Å². The highest BCUT2D eigenvalue weighted by molar-refractivity contribution is 5.94. The second-order valence-electron chi connectivity index (χ2n) is 7.23. The molecule has 1 N–H and O–H groups in total. The lowest BCUT2D eigenvalue weighted by Gasteiger charge is -2.34. The molecule has 30 heavy (non-hydrogen) atoms. The van der Waals surface area contributed by atoms with E-state index in [1.54, 1.807) is 24.0 Å². The largest absolute Gasteiger partial charge is 0.360 e. The van der Waals surface area contributed by atoms with Crippen LogP contribution < -0.4 is 5.32 Å². The fourth-order valence-electron chi connectivity index (χ4n) is 3.36. The lowest BCUT2D eigenvalue weighted by Crippen LogP contribution is -2.50. The van der Waals surface area contributed by atoms with Crippen molar-refractivity contribution in [2.24, 2.45) is 0 Å². The Morgan fingerprint density at radius 2 is 1.90 bits per heavy atom. The Hall–Kier alpha value is -3.53. The predicted octanol–water partition coefficient (Wildman–Crippen LogP) is 1.02. The minimum atomic E-state index is -0.147. The zero-order valence-electron chi connectivity index (χ0n) is 16.7. The number of piperazine rings is 1. The van der Waals surface area contributed by atoms with Crippen LogP contribution in [0, 0.1) is 6.92 Å². The molecule has 0 unspecified atom stereocenters. The van der Waals surface area contributed by atoms with Gasteiger partial charge in [-0.1, -0.05) is 17.3 Å². The fraction of sp³-hybridized carbons (Fsp3) is 0.350. The molecule has 0 saturated carbocycles. The second-order valence-corrected chi connectivity index (χ2v) is 7.23. The van der Waals surface area contributed by atoms with Gasteiger partial charge in [0.05, 0.1) is 13.1 Å². The minimum absolute atomic E-state index is 0.00415. The third-order valence-electron chi connectivity index (χ3n) is 4.93. The quantitative estimate of drug-likeness (QED) is 0.647. The van der Waals surface area contributed by atoms with E-state index in [4.69, 9.17) is 4.52 Å². The average molecular weight is 409 g/mol. The summed E-state index contributed by atoms with van der Waals surface area (Å²) in [6.45, 7) is 5.08. The number of carbonyl (C=O) groups excluding carboxylic acids is 2.